The highest BCUT2D eigenvalue weighted by Crippen LogP contribution is 2.26. The van der Waals surface area contributed by atoms with Crippen LogP contribution in [0.3, 0.4) is 0 Å². The van der Waals surface area contributed by atoms with Gasteiger partial charge in [-0.2, -0.15) is 0 Å². The SMILES string of the molecule is c1ccc(CSc2ncccc2C2=NOCC2)cc1. The van der Waals surface area contributed by atoms with Crippen molar-refractivity contribution in [2.75, 3.05) is 6.61 Å². The molecule has 1 aromatic carbocycles. The molecular weight excluding hydrogens is 256 g/mol. The van der Waals surface area contributed by atoms with E-state index in [1.54, 1.807) is 11.8 Å². The van der Waals surface area contributed by atoms with Crippen molar-refractivity contribution in [3.63, 3.8) is 0 Å². The maximum Gasteiger partial charge on any atom is 0.122 e. The van der Waals surface area contributed by atoms with Crippen molar-refractivity contribution in [2.24, 2.45) is 5.16 Å². The molecule has 3 nitrogen and oxygen atoms in total. The minimum absolute atomic E-state index is 0.674. The molecule has 0 amide bonds. The van der Waals surface area contributed by atoms with Crippen molar-refractivity contribution >= 4 is 17.5 Å². The second kappa shape index (κ2) is 5.89. The maximum atomic E-state index is 5.08. The molecule has 4 heteroatoms. The van der Waals surface area contributed by atoms with Crippen molar-refractivity contribution in [3.05, 3.63) is 59.8 Å². The number of thioether (sulfide) groups is 1. The van der Waals surface area contributed by atoms with Crippen molar-refractivity contribution in [1.29, 1.82) is 0 Å². The highest BCUT2D eigenvalue weighted by atomic mass is 32.2. The lowest BCUT2D eigenvalue weighted by Crippen LogP contribution is -2.01. The molecule has 1 aliphatic rings. The Morgan fingerprint density at radius 3 is 2.79 bits per heavy atom. The van der Waals surface area contributed by atoms with Gasteiger partial charge in [0.05, 0.1) is 5.71 Å². The fraction of sp³-hybridized carbons (Fsp3) is 0.200. The molecule has 0 unspecified atom stereocenters. The van der Waals surface area contributed by atoms with Gasteiger partial charge in [-0.3, -0.25) is 0 Å². The molecule has 1 aliphatic heterocycles. The summed E-state index contributed by atoms with van der Waals surface area (Å²) in [6.45, 7) is 0.674. The number of aromatic nitrogens is 1. The zero-order valence-corrected chi connectivity index (χ0v) is 11.3. The fourth-order valence-electron chi connectivity index (χ4n) is 1.95. The zero-order chi connectivity index (χ0) is 12.9. The van der Waals surface area contributed by atoms with Gasteiger partial charge in [0.2, 0.25) is 0 Å². The third-order valence-corrected chi connectivity index (χ3v) is 3.98. The minimum Gasteiger partial charge on any atom is -0.395 e. The molecule has 0 aliphatic carbocycles. The van der Waals surface area contributed by atoms with Gasteiger partial charge in [0, 0.05) is 23.9 Å². The third-order valence-electron chi connectivity index (χ3n) is 2.91. The minimum atomic E-state index is 0.674. The van der Waals surface area contributed by atoms with Crippen LogP contribution in [0.5, 0.6) is 0 Å². The van der Waals surface area contributed by atoms with Crippen LogP contribution in [-0.4, -0.2) is 17.3 Å². The summed E-state index contributed by atoms with van der Waals surface area (Å²) in [5.41, 5.74) is 3.40. The van der Waals surface area contributed by atoms with Gasteiger partial charge in [0.1, 0.15) is 11.6 Å². The van der Waals surface area contributed by atoms with Crippen molar-refractivity contribution in [1.82, 2.24) is 4.98 Å². The summed E-state index contributed by atoms with van der Waals surface area (Å²) in [4.78, 5) is 9.55. The monoisotopic (exact) mass is 270 g/mol. The van der Waals surface area contributed by atoms with Gasteiger partial charge in [0.15, 0.2) is 0 Å². The van der Waals surface area contributed by atoms with Crippen LogP contribution in [0.4, 0.5) is 0 Å². The van der Waals surface area contributed by atoms with Crippen molar-refractivity contribution < 1.29 is 4.84 Å². The molecule has 0 saturated carbocycles. The van der Waals surface area contributed by atoms with Gasteiger partial charge < -0.3 is 4.84 Å². The molecule has 0 N–H and O–H groups in total. The molecule has 2 heterocycles. The van der Waals surface area contributed by atoms with Gasteiger partial charge >= 0.3 is 0 Å². The maximum absolute atomic E-state index is 5.08. The van der Waals surface area contributed by atoms with Gasteiger partial charge in [-0.05, 0) is 17.7 Å². The summed E-state index contributed by atoms with van der Waals surface area (Å²) in [6.07, 6.45) is 2.69. The molecule has 0 fully saturated rings. The van der Waals surface area contributed by atoms with E-state index >= 15 is 0 Å². The summed E-state index contributed by atoms with van der Waals surface area (Å²) >= 11 is 1.74. The molecule has 0 radical (unpaired) electrons. The first-order valence-electron chi connectivity index (χ1n) is 6.24. The number of nitrogens with zero attached hydrogens (tertiary/aromatic N) is 2. The molecule has 2 aromatic rings. The zero-order valence-electron chi connectivity index (χ0n) is 10.5. The van der Waals surface area contributed by atoms with E-state index in [-0.39, 0.29) is 0 Å². The van der Waals surface area contributed by atoms with E-state index in [1.807, 2.05) is 18.3 Å². The predicted molar refractivity (Wildman–Crippen MR) is 77.3 cm³/mol. The topological polar surface area (TPSA) is 34.5 Å². The van der Waals surface area contributed by atoms with Crippen molar-refractivity contribution in [2.45, 2.75) is 17.2 Å². The Morgan fingerprint density at radius 2 is 2.00 bits per heavy atom. The highest BCUT2D eigenvalue weighted by Gasteiger charge is 2.15. The number of rotatable bonds is 4. The summed E-state index contributed by atoms with van der Waals surface area (Å²) in [5.74, 6) is 0.916. The summed E-state index contributed by atoms with van der Waals surface area (Å²) in [5, 5.41) is 5.11. The van der Waals surface area contributed by atoms with Gasteiger partial charge in [-0.15, -0.1) is 11.8 Å². The molecule has 0 saturated heterocycles. The molecule has 0 spiro atoms. The van der Waals surface area contributed by atoms with E-state index in [1.165, 1.54) is 5.56 Å². The van der Waals surface area contributed by atoms with E-state index in [0.29, 0.717) is 6.61 Å². The van der Waals surface area contributed by atoms with Crippen LogP contribution in [-0.2, 0) is 10.6 Å². The van der Waals surface area contributed by atoms with E-state index in [4.69, 9.17) is 4.84 Å². The lowest BCUT2D eigenvalue weighted by atomic mass is 10.1. The molecule has 96 valence electrons. The standard InChI is InChI=1S/C15H14N2OS/c1-2-5-12(6-3-1)11-19-15-13(7-4-9-16-15)14-8-10-18-17-14/h1-7,9H,8,10-11H2. The summed E-state index contributed by atoms with van der Waals surface area (Å²) < 4.78 is 0. The van der Waals surface area contributed by atoms with Gasteiger partial charge in [-0.25, -0.2) is 4.98 Å². The Bertz CT molecular complexity index is 584. The predicted octanol–water partition coefficient (Wildman–Crippen LogP) is 3.50. The van der Waals surface area contributed by atoms with Crippen LogP contribution in [0, 0.1) is 0 Å². The Morgan fingerprint density at radius 1 is 1.11 bits per heavy atom. The highest BCUT2D eigenvalue weighted by molar-refractivity contribution is 7.98. The normalized spacial score (nSPS) is 14.0. The second-order valence-electron chi connectivity index (χ2n) is 4.25. The lowest BCUT2D eigenvalue weighted by molar-refractivity contribution is 0.174. The van der Waals surface area contributed by atoms with Crippen LogP contribution >= 0.6 is 11.8 Å². The van der Waals surface area contributed by atoms with E-state index in [2.05, 4.69) is 40.5 Å². The first-order valence-corrected chi connectivity index (χ1v) is 7.23. The number of pyridine rings is 1. The number of hydrogen-bond acceptors (Lipinski definition) is 4. The summed E-state index contributed by atoms with van der Waals surface area (Å²) in [6, 6.07) is 14.4. The third kappa shape index (κ3) is 2.96. The molecule has 0 bridgehead atoms. The Hall–Kier alpha value is -1.81. The van der Waals surface area contributed by atoms with Gasteiger partial charge in [0.25, 0.3) is 0 Å². The first-order chi connectivity index (χ1) is 9.43. The van der Waals surface area contributed by atoms with Crippen LogP contribution < -0.4 is 0 Å². The van der Waals surface area contributed by atoms with Gasteiger partial charge in [-0.1, -0.05) is 35.5 Å². The van der Waals surface area contributed by atoms with E-state index in [0.717, 1.165) is 28.5 Å². The Balaban J connectivity index is 1.77. The van der Waals surface area contributed by atoms with E-state index in [9.17, 15) is 0 Å². The smallest absolute Gasteiger partial charge is 0.122 e. The Kier molecular flexibility index (Phi) is 3.79. The quantitative estimate of drug-likeness (QED) is 0.797. The van der Waals surface area contributed by atoms with Crippen LogP contribution in [0.25, 0.3) is 0 Å². The molecular formula is C15H14N2OS. The van der Waals surface area contributed by atoms with Crippen LogP contribution in [0.15, 0.2) is 58.8 Å². The number of benzene rings is 1. The molecule has 3 rings (SSSR count). The van der Waals surface area contributed by atoms with E-state index < -0.39 is 0 Å². The molecule has 1 aromatic heterocycles. The van der Waals surface area contributed by atoms with Crippen molar-refractivity contribution in [3.8, 4) is 0 Å². The molecule has 19 heavy (non-hydrogen) atoms. The average Bonchev–Trinajstić information content (AvgIpc) is 3.01. The first kappa shape index (κ1) is 12.2. The van der Waals surface area contributed by atoms with Crippen LogP contribution in [0.1, 0.15) is 17.5 Å². The lowest BCUT2D eigenvalue weighted by Gasteiger charge is -2.06. The number of oxime groups is 1. The molecule has 0 atom stereocenters. The second-order valence-corrected chi connectivity index (χ2v) is 5.22. The Labute approximate surface area is 116 Å². The van der Waals surface area contributed by atoms with Crippen LogP contribution in [0.2, 0.25) is 0 Å². The summed E-state index contributed by atoms with van der Waals surface area (Å²) in [7, 11) is 0. The average molecular weight is 270 g/mol. The largest absolute Gasteiger partial charge is 0.395 e. The fourth-order valence-corrected chi connectivity index (χ4v) is 2.92. The number of hydrogen-bond donors (Lipinski definition) is 0.